The van der Waals surface area contributed by atoms with E-state index in [2.05, 4.69) is 4.98 Å². The van der Waals surface area contributed by atoms with Crippen LogP contribution in [-0.2, 0) is 14.3 Å². The van der Waals surface area contributed by atoms with Crippen molar-refractivity contribution in [2.24, 2.45) is 0 Å². The highest BCUT2D eigenvalue weighted by Crippen LogP contribution is 2.28. The van der Waals surface area contributed by atoms with E-state index in [4.69, 9.17) is 16.1 Å². The summed E-state index contributed by atoms with van der Waals surface area (Å²) in [5.74, 6) is -0.689. The van der Waals surface area contributed by atoms with E-state index in [1.807, 2.05) is 0 Å². The van der Waals surface area contributed by atoms with Crippen LogP contribution >= 0.6 is 0 Å². The molecule has 1 aromatic heterocycles. The molecule has 10 heteroatoms. The largest absolute Gasteiger partial charge is 0.463 e. The van der Waals surface area contributed by atoms with E-state index >= 15 is 0 Å². The number of hydrogen-bond donors (Lipinski definition) is 4. The number of esters is 1. The summed E-state index contributed by atoms with van der Waals surface area (Å²) in [6.45, 7) is 1.21. The molecule has 10 nitrogen and oxygen atoms in total. The number of carbonyl (C=O) groups is 1. The molecular formula is C12H17N3O7. The van der Waals surface area contributed by atoms with Gasteiger partial charge in [0.1, 0.15) is 24.9 Å². The van der Waals surface area contributed by atoms with E-state index in [1.54, 1.807) is 12.4 Å². The Morgan fingerprint density at radius 1 is 1.59 bits per heavy atom. The zero-order valence-corrected chi connectivity index (χ0v) is 11.7. The minimum Gasteiger partial charge on any atom is -0.463 e. The number of hydrogen-bond acceptors (Lipinski definition) is 9. The highest BCUT2D eigenvalue weighted by atomic mass is 16.6. The minimum absolute atomic E-state index is 0.121. The Labute approximate surface area is 126 Å². The molecule has 0 saturated carbocycles. The van der Waals surface area contributed by atoms with Gasteiger partial charge in [0.2, 0.25) is 0 Å². The lowest BCUT2D eigenvalue weighted by Crippen LogP contribution is -2.36. The number of aliphatic hydroxyl groups is 2. The molecule has 0 radical (unpaired) electrons. The summed E-state index contributed by atoms with van der Waals surface area (Å²) in [5, 5.41) is 28.7. The molecule has 4 atom stereocenters. The van der Waals surface area contributed by atoms with Gasteiger partial charge in [-0.2, -0.15) is 4.98 Å². The number of aliphatic hydroxyl groups excluding tert-OH is 2. The molecule has 0 bridgehead atoms. The number of aromatic nitrogens is 2. The summed E-state index contributed by atoms with van der Waals surface area (Å²) in [5.41, 5.74) is 0.681. The number of nitrogens with one attached hydrogen (secondary N) is 1. The zero-order chi connectivity index (χ0) is 17.2. The van der Waals surface area contributed by atoms with Crippen molar-refractivity contribution in [3.63, 3.8) is 0 Å². The fourth-order valence-corrected chi connectivity index (χ4v) is 1.89. The molecule has 122 valence electrons. The van der Waals surface area contributed by atoms with Gasteiger partial charge in [-0.25, -0.2) is 4.79 Å². The van der Waals surface area contributed by atoms with Crippen LogP contribution in [-0.4, -0.2) is 55.9 Å². The Bertz CT molecular complexity index is 639. The Balaban J connectivity index is 2.24. The van der Waals surface area contributed by atoms with Crippen molar-refractivity contribution in [2.75, 3.05) is 12.1 Å². The van der Waals surface area contributed by atoms with Gasteiger partial charge in [0, 0.05) is 12.6 Å². The van der Waals surface area contributed by atoms with Crippen molar-refractivity contribution in [3.8, 4) is 0 Å². The number of carbonyl (C=O) groups excluding carboxylic acids is 1. The van der Waals surface area contributed by atoms with Crippen molar-refractivity contribution in [3.05, 3.63) is 22.7 Å². The SMILES string of the molecule is [2H][C@@]1(n2ccc(NO)nc2=O)O[C@H](COC(=O)CC)[C@@H](O)[C@H]1O. The molecule has 1 saturated heterocycles. The lowest BCUT2D eigenvalue weighted by atomic mass is 10.1. The third kappa shape index (κ3) is 3.25. The maximum atomic E-state index is 11.9. The van der Waals surface area contributed by atoms with Gasteiger partial charge in [0.05, 0.1) is 1.37 Å². The summed E-state index contributed by atoms with van der Waals surface area (Å²) in [4.78, 5) is 26.5. The normalized spacial score (nSPS) is 31.6. The van der Waals surface area contributed by atoms with Crippen molar-refractivity contribution >= 4 is 11.8 Å². The molecule has 0 aliphatic carbocycles. The predicted octanol–water partition coefficient (Wildman–Crippen LogP) is -1.38. The third-order valence-corrected chi connectivity index (χ3v) is 3.08. The highest BCUT2D eigenvalue weighted by Gasteiger charge is 2.44. The van der Waals surface area contributed by atoms with Gasteiger partial charge < -0.3 is 19.7 Å². The number of nitrogens with zero attached hydrogens (tertiary/aromatic N) is 2. The summed E-state index contributed by atoms with van der Waals surface area (Å²) in [6, 6.07) is 1.17. The number of rotatable bonds is 5. The topological polar surface area (TPSA) is 143 Å². The molecule has 1 aliphatic heterocycles. The number of anilines is 1. The standard InChI is InChI=1S/C12H17N3O7/c1-2-8(16)21-5-6-9(17)10(18)11(22-6)15-4-3-7(14-20)13-12(15)19/h3-4,6,9-11,17-18,20H,2,5H2,1H3,(H,13,14,19)/t6-,9-,10-,11-/m1/s1/i11D. The first-order valence-corrected chi connectivity index (χ1v) is 6.53. The van der Waals surface area contributed by atoms with Crippen LogP contribution in [0.1, 0.15) is 20.9 Å². The van der Waals surface area contributed by atoms with Gasteiger partial charge in [-0.1, -0.05) is 6.92 Å². The van der Waals surface area contributed by atoms with Crippen molar-refractivity contribution in [2.45, 2.75) is 37.9 Å². The summed E-state index contributed by atoms with van der Waals surface area (Å²) < 4.78 is 18.9. The van der Waals surface area contributed by atoms with E-state index < -0.39 is 36.2 Å². The molecule has 1 aromatic rings. The van der Waals surface area contributed by atoms with Gasteiger partial charge in [0.25, 0.3) is 0 Å². The van der Waals surface area contributed by atoms with Crippen LogP contribution < -0.4 is 11.2 Å². The first-order valence-electron chi connectivity index (χ1n) is 7.03. The molecule has 2 rings (SSSR count). The zero-order valence-electron chi connectivity index (χ0n) is 12.7. The molecule has 0 unspecified atom stereocenters. The molecule has 1 aliphatic rings. The average molecular weight is 316 g/mol. The van der Waals surface area contributed by atoms with Gasteiger partial charge >= 0.3 is 11.7 Å². The Morgan fingerprint density at radius 2 is 2.32 bits per heavy atom. The maximum absolute atomic E-state index is 11.9. The molecule has 0 aromatic carbocycles. The van der Waals surface area contributed by atoms with Crippen LogP contribution in [0.2, 0.25) is 0 Å². The van der Waals surface area contributed by atoms with Gasteiger partial charge in [-0.15, -0.1) is 0 Å². The van der Waals surface area contributed by atoms with Crippen LogP contribution in [0.25, 0.3) is 0 Å². The molecule has 0 amide bonds. The van der Waals surface area contributed by atoms with Gasteiger partial charge in [0.15, 0.2) is 12.0 Å². The van der Waals surface area contributed by atoms with Crippen molar-refractivity contribution in [1.82, 2.24) is 9.55 Å². The lowest BCUT2D eigenvalue weighted by Gasteiger charge is -2.17. The van der Waals surface area contributed by atoms with E-state index in [1.165, 1.54) is 6.07 Å². The van der Waals surface area contributed by atoms with Crippen LogP contribution in [0.15, 0.2) is 17.1 Å². The first kappa shape index (κ1) is 14.9. The van der Waals surface area contributed by atoms with Crippen LogP contribution in [0.4, 0.5) is 5.82 Å². The van der Waals surface area contributed by atoms with E-state index in [-0.39, 0.29) is 18.8 Å². The van der Waals surface area contributed by atoms with Crippen molar-refractivity contribution in [1.29, 1.82) is 0 Å². The Hall–Kier alpha value is -2.01. The Kier molecular flexibility index (Phi) is 4.63. The predicted molar refractivity (Wildman–Crippen MR) is 71.1 cm³/mol. The number of ether oxygens (including phenoxy) is 2. The average Bonchev–Trinajstić information content (AvgIpc) is 2.77. The first-order chi connectivity index (χ1) is 10.8. The Morgan fingerprint density at radius 3 is 2.91 bits per heavy atom. The second kappa shape index (κ2) is 6.83. The fraction of sp³-hybridized carbons (Fsp3) is 0.583. The fourth-order valence-electron chi connectivity index (χ4n) is 1.89. The van der Waals surface area contributed by atoms with Crippen LogP contribution in [0, 0.1) is 0 Å². The molecule has 22 heavy (non-hydrogen) atoms. The highest BCUT2D eigenvalue weighted by molar-refractivity contribution is 5.68. The van der Waals surface area contributed by atoms with Crippen molar-refractivity contribution < 1.29 is 31.1 Å². The van der Waals surface area contributed by atoms with E-state index in [0.717, 1.165) is 6.20 Å². The van der Waals surface area contributed by atoms with Crippen LogP contribution in [0.5, 0.6) is 0 Å². The third-order valence-electron chi connectivity index (χ3n) is 3.08. The second-order valence-electron chi connectivity index (χ2n) is 4.54. The molecular weight excluding hydrogens is 298 g/mol. The molecule has 1 fully saturated rings. The second-order valence-corrected chi connectivity index (χ2v) is 4.54. The summed E-state index contributed by atoms with van der Waals surface area (Å²) in [7, 11) is 0. The molecule has 0 spiro atoms. The van der Waals surface area contributed by atoms with Gasteiger partial charge in [-0.3, -0.25) is 20.0 Å². The minimum atomic E-state index is -2.35. The van der Waals surface area contributed by atoms with Gasteiger partial charge in [-0.05, 0) is 6.07 Å². The van der Waals surface area contributed by atoms with E-state index in [0.29, 0.717) is 4.57 Å². The molecule has 2 heterocycles. The smallest absolute Gasteiger partial charge is 0.351 e. The summed E-state index contributed by atoms with van der Waals surface area (Å²) >= 11 is 0. The van der Waals surface area contributed by atoms with E-state index in [9.17, 15) is 19.8 Å². The summed E-state index contributed by atoms with van der Waals surface area (Å²) in [6.07, 6.45) is -5.66. The quantitative estimate of drug-likeness (QED) is 0.381. The van der Waals surface area contributed by atoms with Crippen LogP contribution in [0.3, 0.4) is 0 Å². The maximum Gasteiger partial charge on any atom is 0.351 e. The molecule has 4 N–H and O–H groups in total. The lowest BCUT2D eigenvalue weighted by molar-refractivity contribution is -0.149. The monoisotopic (exact) mass is 316 g/mol.